The molecule has 0 spiro atoms. The Morgan fingerprint density at radius 2 is 0.769 bits per heavy atom. The lowest BCUT2D eigenvalue weighted by atomic mass is 10.1. The first-order chi connectivity index (χ1) is 32.2. The molecule has 0 saturated heterocycles. The number of nitrogens with zero attached hydrogens (tertiary/aromatic N) is 4. The third kappa shape index (κ3) is 5.49. The van der Waals surface area contributed by atoms with Gasteiger partial charge in [0.15, 0.2) is 0 Å². The molecule has 0 amide bonds. The van der Waals surface area contributed by atoms with Gasteiger partial charge < -0.3 is 18.3 Å². The van der Waals surface area contributed by atoms with Crippen LogP contribution in [0, 0.1) is 0 Å². The van der Waals surface area contributed by atoms with Crippen molar-refractivity contribution < 1.29 is 0 Å². The van der Waals surface area contributed by atoms with E-state index in [1.165, 1.54) is 63.8 Å². The van der Waals surface area contributed by atoms with Crippen molar-refractivity contribution in [3.63, 3.8) is 0 Å². The predicted octanol–water partition coefficient (Wildman–Crippen LogP) is 16.4. The van der Waals surface area contributed by atoms with E-state index in [0.717, 1.165) is 55.6 Å². The SMILES string of the molecule is c1ccc(-n2c3ccccc3c3ccc(-n4c5cccc(c5)c5cccc(c5)n(-c5cccc6c7ccccc7n(-c7ccccc7)c56)c5ccc6sc7ccc4cc7c6c5)cc32)cc1. The molecule has 0 fully saturated rings. The van der Waals surface area contributed by atoms with E-state index < -0.39 is 0 Å². The van der Waals surface area contributed by atoms with Crippen LogP contribution in [0.25, 0.3) is 119 Å². The molecule has 0 aliphatic rings. The zero-order chi connectivity index (χ0) is 42.6. The van der Waals surface area contributed by atoms with Crippen LogP contribution in [-0.2, 0) is 0 Å². The minimum absolute atomic E-state index is 1.10. The monoisotopic (exact) mass is 846 g/mol. The molecule has 10 aromatic carbocycles. The maximum absolute atomic E-state index is 2.47. The van der Waals surface area contributed by atoms with Crippen molar-refractivity contribution in [2.45, 2.75) is 0 Å². The van der Waals surface area contributed by atoms with Crippen LogP contribution in [0.5, 0.6) is 0 Å². The Morgan fingerprint density at radius 1 is 0.262 bits per heavy atom. The van der Waals surface area contributed by atoms with E-state index in [2.05, 4.69) is 249 Å². The Labute approximate surface area is 377 Å². The maximum Gasteiger partial charge on any atom is 0.0782 e. The summed E-state index contributed by atoms with van der Waals surface area (Å²) in [5.41, 5.74) is 13.6. The van der Waals surface area contributed by atoms with Gasteiger partial charge in [-0.25, -0.2) is 0 Å². The molecule has 14 aromatic rings. The van der Waals surface area contributed by atoms with Crippen LogP contribution in [0.2, 0.25) is 0 Å². The summed E-state index contributed by atoms with van der Waals surface area (Å²) in [4.78, 5) is 0. The van der Waals surface area contributed by atoms with E-state index in [9.17, 15) is 0 Å². The smallest absolute Gasteiger partial charge is 0.0782 e. The summed E-state index contributed by atoms with van der Waals surface area (Å²) in [5, 5.41) is 9.72. The normalized spacial score (nSPS) is 12.0. The summed E-state index contributed by atoms with van der Waals surface area (Å²) < 4.78 is 12.3. The number of thiophene rings is 1. The number of para-hydroxylation sites is 5. The Kier molecular flexibility index (Phi) is 7.82. The van der Waals surface area contributed by atoms with Crippen LogP contribution in [0.15, 0.2) is 231 Å². The second-order valence-electron chi connectivity index (χ2n) is 17.0. The zero-order valence-electron chi connectivity index (χ0n) is 35.1. The summed E-state index contributed by atoms with van der Waals surface area (Å²) in [7, 11) is 0. The number of hydrogen-bond donors (Lipinski definition) is 0. The third-order valence-electron chi connectivity index (χ3n) is 13.4. The predicted molar refractivity (Wildman–Crippen MR) is 277 cm³/mol. The topological polar surface area (TPSA) is 19.7 Å². The van der Waals surface area contributed by atoms with E-state index >= 15 is 0 Å². The van der Waals surface area contributed by atoms with Gasteiger partial charge in [0.1, 0.15) is 0 Å². The van der Waals surface area contributed by atoms with Crippen molar-refractivity contribution in [2.24, 2.45) is 0 Å². The van der Waals surface area contributed by atoms with Gasteiger partial charge in [-0.1, -0.05) is 115 Å². The highest BCUT2D eigenvalue weighted by atomic mass is 32.1. The van der Waals surface area contributed by atoms with E-state index in [0.29, 0.717) is 0 Å². The Balaban J connectivity index is 1.11. The number of rotatable bonds is 4. The molecule has 5 heteroatoms. The van der Waals surface area contributed by atoms with Crippen molar-refractivity contribution in [1.29, 1.82) is 0 Å². The van der Waals surface area contributed by atoms with E-state index in [4.69, 9.17) is 0 Å². The number of fused-ring (bicyclic) bond motifs is 13. The summed E-state index contributed by atoms with van der Waals surface area (Å²) in [6, 6.07) is 85.0. The van der Waals surface area contributed by atoms with Crippen molar-refractivity contribution in [1.82, 2.24) is 18.3 Å². The highest BCUT2D eigenvalue weighted by Gasteiger charge is 2.19. The average molecular weight is 847 g/mol. The highest BCUT2D eigenvalue weighted by Crippen LogP contribution is 2.40. The molecular formula is C60H38N4S. The summed E-state index contributed by atoms with van der Waals surface area (Å²) >= 11 is 1.86. The van der Waals surface area contributed by atoms with Crippen LogP contribution in [0.4, 0.5) is 0 Å². The standard InChI is InChI=1S/C60H38N4S/c1-3-16-41(17-4-1)63-54-25-9-7-22-48(54)50-31-28-47(38-57(50)63)61-43-20-11-14-39(34-43)40-15-12-21-44(35-40)62(46-30-33-59-53(37-46)52-36-45(61)29-32-58(52)65-59)56-27-13-24-51-49-23-8-10-26-55(49)64(60(51)56)42-18-5-2-6-19-42/h1-38H. The molecular weight excluding hydrogens is 809 g/mol. The van der Waals surface area contributed by atoms with Gasteiger partial charge in [-0.2, -0.15) is 0 Å². The molecule has 4 aromatic heterocycles. The lowest BCUT2D eigenvalue weighted by Gasteiger charge is -2.16. The van der Waals surface area contributed by atoms with Crippen LogP contribution >= 0.6 is 11.3 Å². The number of hydrogen-bond acceptors (Lipinski definition) is 1. The van der Waals surface area contributed by atoms with Gasteiger partial charge in [-0.15, -0.1) is 11.3 Å². The Morgan fingerprint density at radius 3 is 1.45 bits per heavy atom. The molecule has 0 N–H and O–H groups in total. The largest absolute Gasteiger partial charge is 0.310 e. The van der Waals surface area contributed by atoms with Gasteiger partial charge in [0.2, 0.25) is 0 Å². The number of benzene rings is 10. The van der Waals surface area contributed by atoms with E-state index in [1.54, 1.807) is 0 Å². The van der Waals surface area contributed by atoms with Crippen molar-refractivity contribution in [3.8, 4) is 22.7 Å². The minimum atomic E-state index is 1.10. The molecule has 304 valence electrons. The van der Waals surface area contributed by atoms with Crippen molar-refractivity contribution in [2.75, 3.05) is 0 Å². The fourth-order valence-corrected chi connectivity index (χ4v) is 11.6. The highest BCUT2D eigenvalue weighted by molar-refractivity contribution is 7.25. The first-order valence-corrected chi connectivity index (χ1v) is 23.0. The molecule has 4 nitrogen and oxygen atoms in total. The average Bonchev–Trinajstić information content (AvgIpc) is 4.02. The van der Waals surface area contributed by atoms with Crippen molar-refractivity contribution in [3.05, 3.63) is 231 Å². The second-order valence-corrected chi connectivity index (χ2v) is 18.1. The quantitative estimate of drug-likeness (QED) is 0.168. The Bertz CT molecular complexity index is 4290. The molecule has 0 unspecified atom stereocenters. The van der Waals surface area contributed by atoms with Gasteiger partial charge in [0.25, 0.3) is 0 Å². The fraction of sp³-hybridized carbons (Fsp3) is 0. The number of aromatic nitrogens is 4. The summed E-state index contributed by atoms with van der Waals surface area (Å²) in [5.74, 6) is 0. The van der Waals surface area contributed by atoms with Gasteiger partial charge >= 0.3 is 0 Å². The molecule has 0 atom stereocenters. The van der Waals surface area contributed by atoms with Crippen LogP contribution in [-0.4, -0.2) is 18.3 Å². The molecule has 0 aliphatic carbocycles. The van der Waals surface area contributed by atoms with Crippen LogP contribution in [0.3, 0.4) is 0 Å². The summed E-state index contributed by atoms with van der Waals surface area (Å²) in [6.45, 7) is 0. The first kappa shape index (κ1) is 36.1. The fourth-order valence-electron chi connectivity index (χ4n) is 10.5. The minimum Gasteiger partial charge on any atom is -0.310 e. The van der Waals surface area contributed by atoms with E-state index in [1.807, 2.05) is 11.3 Å². The molecule has 65 heavy (non-hydrogen) atoms. The molecule has 4 heterocycles. The lowest BCUT2D eigenvalue weighted by Crippen LogP contribution is -2.02. The van der Waals surface area contributed by atoms with E-state index in [-0.39, 0.29) is 0 Å². The maximum atomic E-state index is 2.47. The van der Waals surface area contributed by atoms with Crippen molar-refractivity contribution >= 4 is 108 Å². The third-order valence-corrected chi connectivity index (χ3v) is 14.5. The zero-order valence-corrected chi connectivity index (χ0v) is 36.0. The molecule has 0 aliphatic heterocycles. The first-order valence-electron chi connectivity index (χ1n) is 22.2. The van der Waals surface area contributed by atoms with Crippen LogP contribution in [0.1, 0.15) is 0 Å². The lowest BCUT2D eigenvalue weighted by molar-refractivity contribution is 1.12. The van der Waals surface area contributed by atoms with Gasteiger partial charge in [-0.05, 0) is 126 Å². The molecule has 14 rings (SSSR count). The van der Waals surface area contributed by atoms with Gasteiger partial charge in [0.05, 0.1) is 27.8 Å². The van der Waals surface area contributed by atoms with Gasteiger partial charge in [0, 0.05) is 80.8 Å². The molecule has 8 bridgehead atoms. The van der Waals surface area contributed by atoms with Gasteiger partial charge in [-0.3, -0.25) is 0 Å². The van der Waals surface area contributed by atoms with Crippen LogP contribution < -0.4 is 0 Å². The molecule has 0 saturated carbocycles. The second kappa shape index (κ2) is 14.1. The summed E-state index contributed by atoms with van der Waals surface area (Å²) in [6.07, 6.45) is 0. The molecule has 0 radical (unpaired) electrons. The Hall–Kier alpha value is -8.38.